The van der Waals surface area contributed by atoms with Crippen LogP contribution >= 0.6 is 11.6 Å². The normalized spacial score (nSPS) is 15.0. The lowest BCUT2D eigenvalue weighted by Gasteiger charge is -2.48. The van der Waals surface area contributed by atoms with Gasteiger partial charge in [-0.1, -0.05) is 105 Å². The van der Waals surface area contributed by atoms with Crippen molar-refractivity contribution >= 4 is 30.3 Å². The Labute approximate surface area is 246 Å². The van der Waals surface area contributed by atoms with Crippen molar-refractivity contribution < 1.29 is 9.16 Å². The summed E-state index contributed by atoms with van der Waals surface area (Å²) in [6.45, 7) is 9.94. The zero-order valence-corrected chi connectivity index (χ0v) is 25.7. The van der Waals surface area contributed by atoms with Crippen LogP contribution in [0.2, 0.25) is 10.1 Å². The molecule has 0 spiro atoms. The highest BCUT2D eigenvalue weighted by molar-refractivity contribution is 6.99. The molecule has 1 aromatic heterocycles. The molecule has 41 heavy (non-hydrogen) atoms. The monoisotopic (exact) mass is 589 g/mol. The van der Waals surface area contributed by atoms with Crippen LogP contribution in [0.15, 0.2) is 94.5 Å². The zero-order chi connectivity index (χ0) is 29.3. The first kappa shape index (κ1) is 29.2. The minimum atomic E-state index is -2.81. The molecule has 1 aliphatic heterocycles. The number of rotatable bonds is 9. The molecule has 2 heterocycles. The lowest BCUT2D eigenvalue weighted by atomic mass is 9.87. The van der Waals surface area contributed by atoms with Crippen LogP contribution in [0.5, 0.6) is 0 Å². The van der Waals surface area contributed by atoms with Crippen LogP contribution in [0.25, 0.3) is 0 Å². The van der Waals surface area contributed by atoms with Gasteiger partial charge in [-0.15, -0.1) is 0 Å². The number of aryl methyl sites for hydroxylation is 1. The molecule has 0 radical (unpaired) electrons. The summed E-state index contributed by atoms with van der Waals surface area (Å²) < 4.78 is 15.6. The van der Waals surface area contributed by atoms with E-state index in [9.17, 15) is 9.59 Å². The first-order valence-corrected chi connectivity index (χ1v) is 16.1. The number of halogens is 1. The topological polar surface area (TPSA) is 75.4 Å². The van der Waals surface area contributed by atoms with Crippen molar-refractivity contribution in [2.24, 2.45) is 5.41 Å². The van der Waals surface area contributed by atoms with E-state index in [1.807, 2.05) is 24.3 Å². The van der Waals surface area contributed by atoms with Crippen molar-refractivity contribution in [1.29, 1.82) is 0 Å². The Kier molecular flexibility index (Phi) is 8.21. The van der Waals surface area contributed by atoms with Crippen molar-refractivity contribution in [2.45, 2.75) is 45.8 Å². The SMILES string of the molecule is Cc1nc(=O)n(CC2(CO[Si](c3ccccc3)(c3ccccc3)C(C)(C)C)COC2)c(=O)n1Cc1ccc(Cl)cc1. The number of benzene rings is 3. The Hall–Kier alpha value is -3.30. The molecule has 4 aromatic rings. The Morgan fingerprint density at radius 1 is 0.902 bits per heavy atom. The van der Waals surface area contributed by atoms with Gasteiger partial charge in [0.2, 0.25) is 0 Å². The fraction of sp³-hybridized carbons (Fsp3) is 0.344. The predicted octanol–water partition coefficient (Wildman–Crippen LogP) is 4.01. The second kappa shape index (κ2) is 11.5. The fourth-order valence-electron chi connectivity index (χ4n) is 5.68. The van der Waals surface area contributed by atoms with Crippen molar-refractivity contribution in [2.75, 3.05) is 19.8 Å². The molecule has 7 nitrogen and oxygen atoms in total. The number of nitrogens with zero attached hydrogens (tertiary/aromatic N) is 3. The fourth-order valence-corrected chi connectivity index (χ4v) is 10.5. The van der Waals surface area contributed by atoms with Gasteiger partial charge >= 0.3 is 11.4 Å². The maximum atomic E-state index is 13.7. The highest BCUT2D eigenvalue weighted by Crippen LogP contribution is 2.39. The molecule has 5 rings (SSSR count). The number of aromatic nitrogens is 3. The average Bonchev–Trinajstić information content (AvgIpc) is 2.93. The summed E-state index contributed by atoms with van der Waals surface area (Å²) in [6, 6.07) is 28.1. The van der Waals surface area contributed by atoms with Crippen LogP contribution in [-0.2, 0) is 22.3 Å². The molecular formula is C32H36ClN3O4Si. The van der Waals surface area contributed by atoms with Crippen molar-refractivity contribution in [3.63, 3.8) is 0 Å². The Bertz CT molecular complexity index is 1570. The Balaban J connectivity index is 1.50. The van der Waals surface area contributed by atoms with Gasteiger partial charge in [-0.25, -0.2) is 14.2 Å². The predicted molar refractivity (Wildman–Crippen MR) is 165 cm³/mol. The summed E-state index contributed by atoms with van der Waals surface area (Å²) in [5.74, 6) is 0.369. The highest BCUT2D eigenvalue weighted by atomic mass is 35.5. The summed E-state index contributed by atoms with van der Waals surface area (Å²) in [5.41, 5.74) is -0.598. The van der Waals surface area contributed by atoms with E-state index in [4.69, 9.17) is 20.8 Å². The van der Waals surface area contributed by atoms with Gasteiger partial charge in [-0.2, -0.15) is 4.98 Å². The third kappa shape index (κ3) is 5.74. The summed E-state index contributed by atoms with van der Waals surface area (Å²) >= 11 is 6.04. The highest BCUT2D eigenvalue weighted by Gasteiger charge is 2.52. The number of ether oxygens (including phenoxy) is 1. The molecule has 214 valence electrons. The summed E-state index contributed by atoms with van der Waals surface area (Å²) in [6.07, 6.45) is 0. The van der Waals surface area contributed by atoms with E-state index in [-0.39, 0.29) is 18.1 Å². The van der Waals surface area contributed by atoms with Crippen molar-refractivity contribution in [1.82, 2.24) is 14.1 Å². The molecule has 1 fully saturated rings. The molecular weight excluding hydrogens is 554 g/mol. The van der Waals surface area contributed by atoms with E-state index in [0.717, 1.165) is 5.56 Å². The van der Waals surface area contributed by atoms with E-state index in [0.29, 0.717) is 30.7 Å². The first-order valence-electron chi connectivity index (χ1n) is 13.8. The molecule has 0 atom stereocenters. The van der Waals surface area contributed by atoms with Crippen molar-refractivity contribution in [3.8, 4) is 0 Å². The molecule has 0 amide bonds. The van der Waals surface area contributed by atoms with Gasteiger partial charge in [-0.3, -0.25) is 4.57 Å². The van der Waals surface area contributed by atoms with Gasteiger partial charge < -0.3 is 9.16 Å². The van der Waals surface area contributed by atoms with Crippen LogP contribution < -0.4 is 21.8 Å². The minimum absolute atomic E-state index is 0.163. The van der Waals surface area contributed by atoms with Gasteiger partial charge in [0.05, 0.1) is 25.2 Å². The second-order valence-electron chi connectivity index (χ2n) is 12.0. The largest absolute Gasteiger partial charge is 0.407 e. The third-order valence-corrected chi connectivity index (χ3v) is 13.2. The lowest BCUT2D eigenvalue weighted by molar-refractivity contribution is -0.142. The smallest absolute Gasteiger partial charge is 0.353 e. The number of hydrogen-bond acceptors (Lipinski definition) is 5. The van der Waals surface area contributed by atoms with Crippen LogP contribution in [0.3, 0.4) is 0 Å². The van der Waals surface area contributed by atoms with Crippen molar-refractivity contribution in [3.05, 3.63) is 122 Å². The van der Waals surface area contributed by atoms with E-state index in [1.54, 1.807) is 19.1 Å². The summed E-state index contributed by atoms with van der Waals surface area (Å²) in [7, 11) is -2.81. The molecule has 3 aromatic carbocycles. The average molecular weight is 590 g/mol. The van der Waals surface area contributed by atoms with Gasteiger partial charge in [0.25, 0.3) is 8.32 Å². The molecule has 9 heteroatoms. The summed E-state index contributed by atoms with van der Waals surface area (Å²) in [4.78, 5) is 31.0. The molecule has 0 bridgehead atoms. The Morgan fingerprint density at radius 2 is 1.46 bits per heavy atom. The van der Waals surface area contributed by atoms with Gasteiger partial charge in [0.1, 0.15) is 5.82 Å². The maximum absolute atomic E-state index is 13.7. The summed E-state index contributed by atoms with van der Waals surface area (Å²) in [5, 5.41) is 2.77. The van der Waals surface area contributed by atoms with Crippen LogP contribution in [-0.4, -0.2) is 42.3 Å². The maximum Gasteiger partial charge on any atom is 0.353 e. The molecule has 0 aliphatic carbocycles. The van der Waals surface area contributed by atoms with E-state index in [1.165, 1.54) is 19.5 Å². The molecule has 0 saturated carbocycles. The van der Waals surface area contributed by atoms with Gasteiger partial charge in [-0.05, 0) is 40.0 Å². The first-order chi connectivity index (χ1) is 19.5. The zero-order valence-electron chi connectivity index (χ0n) is 24.0. The van der Waals surface area contributed by atoms with E-state index >= 15 is 0 Å². The Morgan fingerprint density at radius 3 is 1.95 bits per heavy atom. The van der Waals surface area contributed by atoms with Gasteiger partial charge in [0.15, 0.2) is 0 Å². The molecule has 0 N–H and O–H groups in total. The second-order valence-corrected chi connectivity index (χ2v) is 16.7. The molecule has 0 unspecified atom stereocenters. The van der Waals surface area contributed by atoms with Gasteiger partial charge in [0, 0.05) is 18.2 Å². The van der Waals surface area contributed by atoms with Crippen LogP contribution in [0.1, 0.15) is 32.2 Å². The molecule has 1 aliphatic rings. The van der Waals surface area contributed by atoms with E-state index < -0.39 is 25.1 Å². The molecule has 1 saturated heterocycles. The number of hydrogen-bond donors (Lipinski definition) is 0. The standard InChI is InChI=1S/C32H36ClN3O4Si/c1-24-34-29(37)36(30(38)35(24)19-25-15-17-26(33)18-16-25)20-32(21-39-22-32)23-40-41(31(2,3)4,27-11-7-5-8-12-27)28-13-9-6-10-14-28/h5-18H,19-23H2,1-4H3. The van der Waals surface area contributed by atoms with Crippen LogP contribution in [0.4, 0.5) is 0 Å². The van der Waals surface area contributed by atoms with E-state index in [2.05, 4.69) is 74.3 Å². The minimum Gasteiger partial charge on any atom is -0.407 e. The third-order valence-electron chi connectivity index (χ3n) is 7.92. The quantitative estimate of drug-likeness (QED) is 0.276. The van der Waals surface area contributed by atoms with Crippen LogP contribution in [0, 0.1) is 12.3 Å². The lowest BCUT2D eigenvalue weighted by Crippen LogP contribution is -2.68.